The van der Waals surface area contributed by atoms with Crippen molar-refractivity contribution in [1.29, 1.82) is 0 Å². The first-order valence-corrected chi connectivity index (χ1v) is 6.78. The predicted molar refractivity (Wildman–Crippen MR) is 75.2 cm³/mol. The minimum atomic E-state index is -0.178. The zero-order chi connectivity index (χ0) is 13.4. The Hall–Kier alpha value is -1.07. The highest BCUT2D eigenvalue weighted by molar-refractivity contribution is 9.10. The lowest BCUT2D eigenvalue weighted by Crippen LogP contribution is -2.37. The van der Waals surface area contributed by atoms with Crippen molar-refractivity contribution < 1.29 is 9.90 Å². The van der Waals surface area contributed by atoms with Gasteiger partial charge in [-0.25, -0.2) is 4.79 Å². The van der Waals surface area contributed by atoms with Crippen LogP contribution in [0.2, 0.25) is 0 Å². The van der Waals surface area contributed by atoms with E-state index in [2.05, 4.69) is 26.6 Å². The van der Waals surface area contributed by atoms with Crippen LogP contribution in [0.1, 0.15) is 18.9 Å². The summed E-state index contributed by atoms with van der Waals surface area (Å²) < 4.78 is 1.02. The van der Waals surface area contributed by atoms with Crippen LogP contribution in [0.3, 0.4) is 0 Å². The van der Waals surface area contributed by atoms with E-state index in [4.69, 9.17) is 5.11 Å². The summed E-state index contributed by atoms with van der Waals surface area (Å²) in [4.78, 5) is 11.5. The number of aliphatic hydroxyl groups excluding tert-OH is 1. The van der Waals surface area contributed by atoms with Crippen molar-refractivity contribution in [2.45, 2.75) is 19.9 Å². The van der Waals surface area contributed by atoms with Gasteiger partial charge in [-0.05, 0) is 30.0 Å². The third-order valence-corrected chi connectivity index (χ3v) is 3.13. The largest absolute Gasteiger partial charge is 0.396 e. The van der Waals surface area contributed by atoms with Gasteiger partial charge in [0, 0.05) is 24.2 Å². The maximum Gasteiger partial charge on any atom is 0.315 e. The number of nitrogens with one attached hydrogen (secondary N) is 2. The minimum Gasteiger partial charge on any atom is -0.396 e. The van der Waals surface area contributed by atoms with E-state index in [1.807, 2.05) is 31.2 Å². The molecule has 5 heteroatoms. The van der Waals surface area contributed by atoms with E-state index in [9.17, 15) is 4.79 Å². The number of benzene rings is 1. The first-order chi connectivity index (χ1) is 8.61. The van der Waals surface area contributed by atoms with Crippen LogP contribution in [0.4, 0.5) is 4.79 Å². The SMILES string of the molecule is CC(CCO)CNC(=O)NCc1ccc(Br)cc1. The van der Waals surface area contributed by atoms with Gasteiger partial charge in [0.15, 0.2) is 0 Å². The van der Waals surface area contributed by atoms with E-state index in [1.54, 1.807) is 0 Å². The maximum absolute atomic E-state index is 11.5. The predicted octanol–water partition coefficient (Wildman–Crippen LogP) is 2.27. The van der Waals surface area contributed by atoms with Gasteiger partial charge in [0.05, 0.1) is 0 Å². The maximum atomic E-state index is 11.5. The van der Waals surface area contributed by atoms with Crippen molar-refractivity contribution in [2.24, 2.45) is 5.92 Å². The summed E-state index contributed by atoms with van der Waals surface area (Å²) in [6, 6.07) is 7.62. The molecule has 0 heterocycles. The first kappa shape index (κ1) is 15.0. The molecular formula is C13H19BrN2O2. The second-order valence-electron chi connectivity index (χ2n) is 4.31. The third kappa shape index (κ3) is 6.02. The van der Waals surface area contributed by atoms with E-state index in [-0.39, 0.29) is 18.6 Å². The van der Waals surface area contributed by atoms with E-state index in [0.717, 1.165) is 10.0 Å². The Balaban J connectivity index is 2.22. The molecule has 1 aromatic rings. The Labute approximate surface area is 116 Å². The van der Waals surface area contributed by atoms with Gasteiger partial charge < -0.3 is 15.7 Å². The van der Waals surface area contributed by atoms with Crippen LogP contribution in [0.15, 0.2) is 28.7 Å². The van der Waals surface area contributed by atoms with Crippen molar-refractivity contribution in [1.82, 2.24) is 10.6 Å². The van der Waals surface area contributed by atoms with Crippen LogP contribution < -0.4 is 10.6 Å². The molecule has 3 N–H and O–H groups in total. The van der Waals surface area contributed by atoms with Gasteiger partial charge in [-0.3, -0.25) is 0 Å². The Morgan fingerprint density at radius 1 is 1.33 bits per heavy atom. The molecule has 0 saturated heterocycles. The minimum absolute atomic E-state index is 0.156. The lowest BCUT2D eigenvalue weighted by atomic mass is 10.1. The standard InChI is InChI=1S/C13H19BrN2O2/c1-10(6-7-17)8-15-13(18)16-9-11-2-4-12(14)5-3-11/h2-5,10,17H,6-9H2,1H3,(H2,15,16,18). The fraction of sp³-hybridized carbons (Fsp3) is 0.462. The van der Waals surface area contributed by atoms with E-state index >= 15 is 0 Å². The second kappa shape index (κ2) is 8.11. The van der Waals surface area contributed by atoms with Crippen molar-refractivity contribution >= 4 is 22.0 Å². The van der Waals surface area contributed by atoms with Crippen molar-refractivity contribution in [3.63, 3.8) is 0 Å². The molecule has 0 aromatic heterocycles. The van der Waals surface area contributed by atoms with Gasteiger partial charge in [-0.15, -0.1) is 0 Å². The number of carbonyl (C=O) groups excluding carboxylic acids is 1. The van der Waals surface area contributed by atoms with Crippen molar-refractivity contribution in [3.05, 3.63) is 34.3 Å². The van der Waals surface area contributed by atoms with Gasteiger partial charge in [-0.2, -0.15) is 0 Å². The van der Waals surface area contributed by atoms with E-state index in [1.165, 1.54) is 0 Å². The third-order valence-electron chi connectivity index (χ3n) is 2.60. The van der Waals surface area contributed by atoms with Crippen LogP contribution in [0, 0.1) is 5.92 Å². The van der Waals surface area contributed by atoms with Gasteiger partial charge in [0.1, 0.15) is 0 Å². The topological polar surface area (TPSA) is 61.4 Å². The molecule has 0 aliphatic carbocycles. The summed E-state index contributed by atoms with van der Waals surface area (Å²) in [5.74, 6) is 0.286. The number of halogens is 1. The molecule has 1 unspecified atom stereocenters. The molecule has 18 heavy (non-hydrogen) atoms. The number of hydrogen-bond acceptors (Lipinski definition) is 2. The smallest absolute Gasteiger partial charge is 0.315 e. The average molecular weight is 315 g/mol. The summed E-state index contributed by atoms with van der Waals surface area (Å²) >= 11 is 3.36. The zero-order valence-electron chi connectivity index (χ0n) is 10.4. The van der Waals surface area contributed by atoms with E-state index < -0.39 is 0 Å². The second-order valence-corrected chi connectivity index (χ2v) is 5.22. The Bertz CT molecular complexity index is 368. The lowest BCUT2D eigenvalue weighted by molar-refractivity contribution is 0.233. The van der Waals surface area contributed by atoms with Crippen molar-refractivity contribution in [3.8, 4) is 0 Å². The number of urea groups is 1. The van der Waals surface area contributed by atoms with Crippen LogP contribution in [-0.2, 0) is 6.54 Å². The monoisotopic (exact) mass is 314 g/mol. The molecule has 0 radical (unpaired) electrons. The molecule has 4 nitrogen and oxygen atoms in total. The van der Waals surface area contributed by atoms with Crippen LogP contribution in [0.25, 0.3) is 0 Å². The van der Waals surface area contributed by atoms with Crippen molar-refractivity contribution in [2.75, 3.05) is 13.2 Å². The molecule has 0 aliphatic rings. The molecular weight excluding hydrogens is 296 g/mol. The van der Waals surface area contributed by atoms with Gasteiger partial charge in [-0.1, -0.05) is 35.0 Å². The summed E-state index contributed by atoms with van der Waals surface area (Å²) in [6.45, 7) is 3.23. The first-order valence-electron chi connectivity index (χ1n) is 5.99. The summed E-state index contributed by atoms with van der Waals surface area (Å²) in [6.07, 6.45) is 0.701. The molecule has 0 spiro atoms. The lowest BCUT2D eigenvalue weighted by Gasteiger charge is -2.12. The fourth-order valence-electron chi connectivity index (χ4n) is 1.44. The molecule has 0 aliphatic heterocycles. The van der Waals surface area contributed by atoms with Gasteiger partial charge >= 0.3 is 6.03 Å². The summed E-state index contributed by atoms with van der Waals surface area (Å²) in [5, 5.41) is 14.3. The van der Waals surface area contributed by atoms with Gasteiger partial charge in [0.2, 0.25) is 0 Å². The fourth-order valence-corrected chi connectivity index (χ4v) is 1.70. The average Bonchev–Trinajstić information content (AvgIpc) is 2.36. The highest BCUT2D eigenvalue weighted by Crippen LogP contribution is 2.10. The zero-order valence-corrected chi connectivity index (χ0v) is 12.0. The molecule has 0 saturated carbocycles. The number of amides is 2. The van der Waals surface area contributed by atoms with Crippen LogP contribution >= 0.6 is 15.9 Å². The van der Waals surface area contributed by atoms with Gasteiger partial charge in [0.25, 0.3) is 0 Å². The molecule has 100 valence electrons. The Morgan fingerprint density at radius 3 is 2.61 bits per heavy atom. The molecule has 0 bridgehead atoms. The number of rotatable bonds is 6. The number of hydrogen-bond donors (Lipinski definition) is 3. The van der Waals surface area contributed by atoms with Crippen LogP contribution in [-0.4, -0.2) is 24.3 Å². The molecule has 1 rings (SSSR count). The Morgan fingerprint density at radius 2 is 2.00 bits per heavy atom. The van der Waals surface area contributed by atoms with E-state index in [0.29, 0.717) is 19.5 Å². The molecule has 1 atom stereocenters. The molecule has 1 aromatic carbocycles. The number of aliphatic hydroxyl groups is 1. The molecule has 2 amide bonds. The summed E-state index contributed by atoms with van der Waals surface area (Å²) in [7, 11) is 0. The van der Waals surface area contributed by atoms with Crippen LogP contribution in [0.5, 0.6) is 0 Å². The quantitative estimate of drug-likeness (QED) is 0.754. The highest BCUT2D eigenvalue weighted by atomic mass is 79.9. The summed E-state index contributed by atoms with van der Waals surface area (Å²) in [5.41, 5.74) is 1.05. The normalized spacial score (nSPS) is 11.9. The highest BCUT2D eigenvalue weighted by Gasteiger charge is 2.04. The Kier molecular flexibility index (Phi) is 6.75. The number of carbonyl (C=O) groups is 1. The molecule has 0 fully saturated rings.